The number of nitrogens with zero attached hydrogens (tertiary/aromatic N) is 1. The second kappa shape index (κ2) is 6.38. The van der Waals surface area contributed by atoms with Crippen LogP contribution in [0.2, 0.25) is 0 Å². The van der Waals surface area contributed by atoms with Gasteiger partial charge >= 0.3 is 0 Å². The van der Waals surface area contributed by atoms with Gasteiger partial charge in [-0.2, -0.15) is 0 Å². The zero-order valence-corrected chi connectivity index (χ0v) is 9.01. The van der Waals surface area contributed by atoms with Crippen LogP contribution in [0.5, 0.6) is 0 Å². The third-order valence-corrected chi connectivity index (χ3v) is 2.12. The minimum Gasteiger partial charge on any atom is -0.373 e. The Bertz CT molecular complexity index is 232. The molecule has 0 spiro atoms. The van der Waals surface area contributed by atoms with Crippen molar-refractivity contribution in [2.75, 3.05) is 25.5 Å². The van der Waals surface area contributed by atoms with Gasteiger partial charge in [0.2, 0.25) is 0 Å². The molecule has 0 amide bonds. The summed E-state index contributed by atoms with van der Waals surface area (Å²) in [5.74, 6) is 0.917. The van der Waals surface area contributed by atoms with Crippen LogP contribution in [-0.2, 0) is 0 Å². The third-order valence-electron chi connectivity index (χ3n) is 2.12. The molecule has 3 nitrogen and oxygen atoms in total. The number of nitrogens with one attached hydrogen (secondary N) is 2. The van der Waals surface area contributed by atoms with E-state index in [-0.39, 0.29) is 0 Å². The van der Waals surface area contributed by atoms with E-state index in [9.17, 15) is 0 Å². The molecule has 0 radical (unpaired) electrons. The van der Waals surface area contributed by atoms with Crippen LogP contribution in [-0.4, -0.2) is 25.1 Å². The average molecular weight is 193 g/mol. The summed E-state index contributed by atoms with van der Waals surface area (Å²) in [6.45, 7) is 4.52. The first kappa shape index (κ1) is 11.0. The molecule has 1 aliphatic heterocycles. The van der Waals surface area contributed by atoms with Gasteiger partial charge in [0.25, 0.3) is 0 Å². The minimum absolute atomic E-state index is 0.917. The fraction of sp³-hybridized carbons (Fsp3) is 0.545. The standard InChI is InChI=1S/C7H10N2.C4H9N/c1-6-3-4-7(8-2)9-5-6;1-2-4-5-3-1/h3-5H,1-2H3,(H,8,9);5H,1-4H2. The largest absolute Gasteiger partial charge is 0.373 e. The molecule has 0 saturated carbocycles. The molecule has 2 rings (SSSR count). The van der Waals surface area contributed by atoms with Gasteiger partial charge in [0.05, 0.1) is 0 Å². The number of rotatable bonds is 1. The maximum absolute atomic E-state index is 4.09. The SMILES string of the molecule is C1CCNC1.CNc1ccc(C)cn1. The molecule has 1 aromatic heterocycles. The highest BCUT2D eigenvalue weighted by Gasteiger charge is 1.93. The average Bonchev–Trinajstić information content (AvgIpc) is 2.77. The van der Waals surface area contributed by atoms with E-state index in [2.05, 4.69) is 15.6 Å². The Balaban J connectivity index is 0.000000165. The van der Waals surface area contributed by atoms with Crippen molar-refractivity contribution >= 4 is 5.82 Å². The molecule has 1 aliphatic rings. The Hall–Kier alpha value is -1.09. The van der Waals surface area contributed by atoms with E-state index >= 15 is 0 Å². The van der Waals surface area contributed by atoms with Crippen molar-refractivity contribution in [2.45, 2.75) is 19.8 Å². The molecule has 0 bridgehead atoms. The highest BCUT2D eigenvalue weighted by molar-refractivity contribution is 5.33. The monoisotopic (exact) mass is 193 g/mol. The normalized spacial score (nSPS) is 14.4. The molecule has 3 heteroatoms. The molecule has 1 fully saturated rings. The summed E-state index contributed by atoms with van der Waals surface area (Å²) >= 11 is 0. The van der Waals surface area contributed by atoms with Crippen molar-refractivity contribution in [1.82, 2.24) is 10.3 Å². The van der Waals surface area contributed by atoms with E-state index in [1.165, 1.54) is 31.5 Å². The molecular weight excluding hydrogens is 174 g/mol. The maximum Gasteiger partial charge on any atom is 0.125 e. The molecule has 78 valence electrons. The topological polar surface area (TPSA) is 37.0 Å². The summed E-state index contributed by atoms with van der Waals surface area (Å²) in [5, 5.41) is 6.17. The van der Waals surface area contributed by atoms with Gasteiger partial charge in [-0.15, -0.1) is 0 Å². The summed E-state index contributed by atoms with van der Waals surface area (Å²) in [6.07, 6.45) is 4.62. The number of hydrogen-bond donors (Lipinski definition) is 2. The molecule has 1 aromatic rings. The second-order valence-corrected chi connectivity index (χ2v) is 3.43. The molecular formula is C11H19N3. The Kier molecular flexibility index (Phi) is 5.00. The number of anilines is 1. The van der Waals surface area contributed by atoms with Crippen LogP contribution in [0.1, 0.15) is 18.4 Å². The van der Waals surface area contributed by atoms with E-state index in [0.29, 0.717) is 0 Å². The highest BCUT2D eigenvalue weighted by atomic mass is 14.9. The summed E-state index contributed by atoms with van der Waals surface area (Å²) in [6, 6.07) is 3.98. The van der Waals surface area contributed by atoms with Crippen molar-refractivity contribution in [3.63, 3.8) is 0 Å². The van der Waals surface area contributed by atoms with E-state index in [0.717, 1.165) is 5.82 Å². The van der Waals surface area contributed by atoms with E-state index in [1.807, 2.05) is 32.3 Å². The first-order valence-corrected chi connectivity index (χ1v) is 5.14. The zero-order valence-electron chi connectivity index (χ0n) is 9.01. The van der Waals surface area contributed by atoms with Gasteiger partial charge in [-0.3, -0.25) is 0 Å². The van der Waals surface area contributed by atoms with Crippen molar-refractivity contribution in [3.8, 4) is 0 Å². The Labute approximate surface area is 85.9 Å². The van der Waals surface area contributed by atoms with Gasteiger partial charge in [0.15, 0.2) is 0 Å². The molecule has 1 saturated heterocycles. The summed E-state index contributed by atoms with van der Waals surface area (Å²) < 4.78 is 0. The van der Waals surface area contributed by atoms with Gasteiger partial charge in [-0.1, -0.05) is 6.07 Å². The fourth-order valence-corrected chi connectivity index (χ4v) is 1.24. The molecule has 14 heavy (non-hydrogen) atoms. The van der Waals surface area contributed by atoms with E-state index in [4.69, 9.17) is 0 Å². The van der Waals surface area contributed by atoms with Crippen LogP contribution in [0, 0.1) is 6.92 Å². The van der Waals surface area contributed by atoms with E-state index < -0.39 is 0 Å². The van der Waals surface area contributed by atoms with Crippen molar-refractivity contribution in [2.24, 2.45) is 0 Å². The van der Waals surface area contributed by atoms with Gasteiger partial charge in [-0.25, -0.2) is 4.98 Å². The summed E-state index contributed by atoms with van der Waals surface area (Å²) in [7, 11) is 1.86. The third kappa shape index (κ3) is 4.23. The predicted molar refractivity (Wildman–Crippen MR) is 60.6 cm³/mol. The maximum atomic E-state index is 4.09. The van der Waals surface area contributed by atoms with Crippen LogP contribution in [0.15, 0.2) is 18.3 Å². The number of aromatic nitrogens is 1. The minimum atomic E-state index is 0.917. The highest BCUT2D eigenvalue weighted by Crippen LogP contribution is 2.01. The number of hydrogen-bond acceptors (Lipinski definition) is 3. The molecule has 0 atom stereocenters. The number of aryl methyl sites for hydroxylation is 1. The predicted octanol–water partition coefficient (Wildman–Crippen LogP) is 1.80. The van der Waals surface area contributed by atoms with Crippen LogP contribution in [0.3, 0.4) is 0 Å². The molecule has 2 N–H and O–H groups in total. The van der Waals surface area contributed by atoms with Gasteiger partial charge in [0, 0.05) is 13.2 Å². The van der Waals surface area contributed by atoms with Crippen molar-refractivity contribution in [1.29, 1.82) is 0 Å². The Morgan fingerprint density at radius 1 is 1.29 bits per heavy atom. The Morgan fingerprint density at radius 2 is 2.00 bits per heavy atom. The van der Waals surface area contributed by atoms with Crippen molar-refractivity contribution < 1.29 is 0 Å². The van der Waals surface area contributed by atoms with Crippen molar-refractivity contribution in [3.05, 3.63) is 23.9 Å². The molecule has 2 heterocycles. The van der Waals surface area contributed by atoms with Gasteiger partial charge in [0.1, 0.15) is 5.82 Å². The smallest absolute Gasteiger partial charge is 0.125 e. The van der Waals surface area contributed by atoms with E-state index in [1.54, 1.807) is 0 Å². The molecule has 0 aromatic carbocycles. The van der Waals surface area contributed by atoms with Gasteiger partial charge < -0.3 is 10.6 Å². The lowest BCUT2D eigenvalue weighted by molar-refractivity contribution is 0.857. The lowest BCUT2D eigenvalue weighted by Crippen LogP contribution is -2.03. The van der Waals surface area contributed by atoms with Crippen LogP contribution in [0.4, 0.5) is 5.82 Å². The molecule has 0 aliphatic carbocycles. The quantitative estimate of drug-likeness (QED) is 0.714. The first-order valence-electron chi connectivity index (χ1n) is 5.14. The van der Waals surface area contributed by atoms with Crippen LogP contribution < -0.4 is 10.6 Å². The Morgan fingerprint density at radius 3 is 2.36 bits per heavy atom. The van der Waals surface area contributed by atoms with Crippen LogP contribution >= 0.6 is 0 Å². The van der Waals surface area contributed by atoms with Crippen LogP contribution in [0.25, 0.3) is 0 Å². The lowest BCUT2D eigenvalue weighted by atomic mass is 10.3. The zero-order chi connectivity index (χ0) is 10.2. The summed E-state index contributed by atoms with van der Waals surface area (Å²) in [4.78, 5) is 4.09. The first-order chi connectivity index (χ1) is 6.83. The lowest BCUT2D eigenvalue weighted by Gasteiger charge is -1.96. The summed E-state index contributed by atoms with van der Waals surface area (Å²) in [5.41, 5.74) is 1.19. The second-order valence-electron chi connectivity index (χ2n) is 3.43. The molecule has 0 unspecified atom stereocenters. The fourth-order valence-electron chi connectivity index (χ4n) is 1.24. The van der Waals surface area contributed by atoms with Gasteiger partial charge in [-0.05, 0) is 44.5 Å². The number of pyridine rings is 1.